The van der Waals surface area contributed by atoms with E-state index in [-0.39, 0.29) is 5.82 Å². The molecule has 0 fully saturated rings. The first-order valence-electron chi connectivity index (χ1n) is 4.74. The van der Waals surface area contributed by atoms with E-state index in [0.717, 1.165) is 16.8 Å². The Morgan fingerprint density at radius 2 is 1.69 bits per heavy atom. The molecule has 2 aromatic rings. The van der Waals surface area contributed by atoms with Crippen LogP contribution in [0.1, 0.15) is 0 Å². The Balaban J connectivity index is 2.55. The Labute approximate surface area is 98.3 Å². The van der Waals surface area contributed by atoms with E-state index >= 15 is 0 Å². The summed E-state index contributed by atoms with van der Waals surface area (Å²) < 4.78 is 12.8. The maximum Gasteiger partial charge on any atom is 0.123 e. The van der Waals surface area contributed by atoms with Gasteiger partial charge in [0.05, 0.1) is 10.8 Å². The Kier molecular flexibility index (Phi) is 3.20. The molecule has 16 heavy (non-hydrogen) atoms. The van der Waals surface area contributed by atoms with Crippen LogP contribution in [0, 0.1) is 5.82 Å². The highest BCUT2D eigenvalue weighted by molar-refractivity contribution is 7.78. The second-order valence-electron chi connectivity index (χ2n) is 3.23. The molecule has 0 amide bonds. The average Bonchev–Trinajstić information content (AvgIpc) is 2.32. The standard InChI is InChI=1S/C13H8FNS/c14-11-7-5-10(6-8-11)12-3-1-2-4-13(12)15-9-16/h1-8H. The second-order valence-corrected chi connectivity index (χ2v) is 3.41. The van der Waals surface area contributed by atoms with Crippen LogP contribution in [0.3, 0.4) is 0 Å². The number of halogens is 1. The molecule has 0 aromatic heterocycles. The Hall–Kier alpha value is -1.83. The van der Waals surface area contributed by atoms with Gasteiger partial charge in [0, 0.05) is 5.56 Å². The van der Waals surface area contributed by atoms with Gasteiger partial charge in [-0.1, -0.05) is 30.3 Å². The Bertz CT molecular complexity index is 542. The minimum absolute atomic E-state index is 0.250. The minimum atomic E-state index is -0.250. The maximum atomic E-state index is 12.8. The summed E-state index contributed by atoms with van der Waals surface area (Å²) in [5.41, 5.74) is 2.56. The third-order valence-electron chi connectivity index (χ3n) is 2.23. The first-order chi connectivity index (χ1) is 7.81. The van der Waals surface area contributed by atoms with Gasteiger partial charge in [0.2, 0.25) is 0 Å². The molecule has 0 saturated heterocycles. The molecule has 1 nitrogen and oxygen atoms in total. The highest BCUT2D eigenvalue weighted by Crippen LogP contribution is 2.29. The Morgan fingerprint density at radius 1 is 1.00 bits per heavy atom. The molecule has 0 aliphatic rings. The molecule has 0 radical (unpaired) electrons. The zero-order valence-corrected chi connectivity index (χ0v) is 9.17. The molecule has 0 aliphatic carbocycles. The van der Waals surface area contributed by atoms with Crippen molar-refractivity contribution in [3.05, 3.63) is 54.3 Å². The lowest BCUT2D eigenvalue weighted by Crippen LogP contribution is -1.79. The number of hydrogen-bond acceptors (Lipinski definition) is 2. The van der Waals surface area contributed by atoms with E-state index in [1.165, 1.54) is 12.1 Å². The van der Waals surface area contributed by atoms with E-state index in [1.54, 1.807) is 12.1 Å². The molecule has 78 valence electrons. The zero-order chi connectivity index (χ0) is 11.4. The van der Waals surface area contributed by atoms with Gasteiger partial charge in [-0.3, -0.25) is 0 Å². The van der Waals surface area contributed by atoms with Crippen LogP contribution in [-0.2, 0) is 0 Å². The summed E-state index contributed by atoms with van der Waals surface area (Å²) in [6.07, 6.45) is 0. The van der Waals surface area contributed by atoms with Crippen LogP contribution < -0.4 is 0 Å². The molecule has 0 atom stereocenters. The average molecular weight is 229 g/mol. The summed E-state index contributed by atoms with van der Waals surface area (Å²) >= 11 is 4.59. The van der Waals surface area contributed by atoms with Crippen molar-refractivity contribution in [2.75, 3.05) is 0 Å². The second kappa shape index (κ2) is 4.79. The third-order valence-corrected chi connectivity index (χ3v) is 2.32. The summed E-state index contributed by atoms with van der Waals surface area (Å²) in [7, 11) is 0. The monoisotopic (exact) mass is 229 g/mol. The molecule has 0 aliphatic heterocycles. The molecule has 0 saturated carbocycles. The van der Waals surface area contributed by atoms with Gasteiger partial charge in [-0.2, -0.15) is 4.99 Å². The zero-order valence-electron chi connectivity index (χ0n) is 8.35. The van der Waals surface area contributed by atoms with Crippen LogP contribution in [0.25, 0.3) is 11.1 Å². The molecule has 0 unspecified atom stereocenters. The van der Waals surface area contributed by atoms with E-state index in [1.807, 2.05) is 24.3 Å². The van der Waals surface area contributed by atoms with Crippen LogP contribution in [-0.4, -0.2) is 5.16 Å². The summed E-state index contributed by atoms with van der Waals surface area (Å²) in [6.45, 7) is 0. The van der Waals surface area contributed by atoms with Gasteiger partial charge in [0.15, 0.2) is 0 Å². The highest BCUT2D eigenvalue weighted by Gasteiger charge is 2.02. The van der Waals surface area contributed by atoms with E-state index < -0.39 is 0 Å². The smallest absolute Gasteiger partial charge is 0.123 e. The van der Waals surface area contributed by atoms with Crippen molar-refractivity contribution in [2.45, 2.75) is 0 Å². The lowest BCUT2D eigenvalue weighted by atomic mass is 10.0. The fourth-order valence-corrected chi connectivity index (χ4v) is 1.59. The number of aliphatic imine (C=N–C) groups is 1. The predicted octanol–water partition coefficient (Wildman–Crippen LogP) is 4.23. The first kappa shape index (κ1) is 10.7. The maximum absolute atomic E-state index is 12.8. The lowest BCUT2D eigenvalue weighted by molar-refractivity contribution is 0.628. The fourth-order valence-electron chi connectivity index (χ4n) is 1.49. The van der Waals surface area contributed by atoms with Gasteiger partial charge < -0.3 is 0 Å². The topological polar surface area (TPSA) is 12.4 Å². The van der Waals surface area contributed by atoms with Crippen molar-refractivity contribution in [1.82, 2.24) is 0 Å². The number of isothiocyanates is 1. The van der Waals surface area contributed by atoms with Gasteiger partial charge in [0.25, 0.3) is 0 Å². The van der Waals surface area contributed by atoms with Crippen molar-refractivity contribution in [3.8, 4) is 11.1 Å². The van der Waals surface area contributed by atoms with Gasteiger partial charge in [-0.05, 0) is 36.0 Å². The summed E-state index contributed by atoms with van der Waals surface area (Å²) in [4.78, 5) is 3.98. The molecule has 0 bridgehead atoms. The quantitative estimate of drug-likeness (QED) is 0.554. The van der Waals surface area contributed by atoms with Gasteiger partial charge in [0.1, 0.15) is 5.82 Å². The normalized spacial score (nSPS) is 9.56. The third kappa shape index (κ3) is 2.22. The van der Waals surface area contributed by atoms with Crippen LogP contribution in [0.2, 0.25) is 0 Å². The van der Waals surface area contributed by atoms with Gasteiger partial charge >= 0.3 is 0 Å². The summed E-state index contributed by atoms with van der Waals surface area (Å²) in [5.74, 6) is -0.250. The number of para-hydroxylation sites is 1. The number of rotatable bonds is 2. The number of benzene rings is 2. The molecule has 0 spiro atoms. The predicted molar refractivity (Wildman–Crippen MR) is 66.5 cm³/mol. The lowest BCUT2D eigenvalue weighted by Gasteiger charge is -2.04. The van der Waals surface area contributed by atoms with E-state index in [9.17, 15) is 4.39 Å². The van der Waals surface area contributed by atoms with Crippen LogP contribution >= 0.6 is 12.2 Å². The molecular formula is C13H8FNS. The van der Waals surface area contributed by atoms with Crippen molar-refractivity contribution in [3.63, 3.8) is 0 Å². The van der Waals surface area contributed by atoms with Crippen LogP contribution in [0.4, 0.5) is 10.1 Å². The van der Waals surface area contributed by atoms with Crippen LogP contribution in [0.5, 0.6) is 0 Å². The summed E-state index contributed by atoms with van der Waals surface area (Å²) in [5, 5.41) is 2.34. The number of hydrogen-bond donors (Lipinski definition) is 0. The molecule has 3 heteroatoms. The van der Waals surface area contributed by atoms with Gasteiger partial charge in [-0.25, -0.2) is 4.39 Å². The minimum Gasteiger partial charge on any atom is -0.207 e. The largest absolute Gasteiger partial charge is 0.207 e. The van der Waals surface area contributed by atoms with Crippen LogP contribution in [0.15, 0.2) is 53.5 Å². The summed E-state index contributed by atoms with van der Waals surface area (Å²) in [6, 6.07) is 13.8. The number of nitrogens with zero attached hydrogens (tertiary/aromatic N) is 1. The molecule has 0 heterocycles. The molecule has 2 aromatic carbocycles. The van der Waals surface area contributed by atoms with Crippen molar-refractivity contribution < 1.29 is 4.39 Å². The van der Waals surface area contributed by atoms with Crippen molar-refractivity contribution in [2.24, 2.45) is 4.99 Å². The van der Waals surface area contributed by atoms with Crippen molar-refractivity contribution in [1.29, 1.82) is 0 Å². The van der Waals surface area contributed by atoms with Gasteiger partial charge in [-0.15, -0.1) is 0 Å². The molecular weight excluding hydrogens is 221 g/mol. The molecule has 0 N–H and O–H groups in total. The SMILES string of the molecule is Fc1ccc(-c2ccccc2N=C=S)cc1. The van der Waals surface area contributed by atoms with Crippen molar-refractivity contribution >= 4 is 23.1 Å². The Morgan fingerprint density at radius 3 is 2.38 bits per heavy atom. The first-order valence-corrected chi connectivity index (χ1v) is 5.15. The van der Waals surface area contributed by atoms with E-state index in [2.05, 4.69) is 22.4 Å². The highest BCUT2D eigenvalue weighted by atomic mass is 32.1. The van der Waals surface area contributed by atoms with E-state index in [4.69, 9.17) is 0 Å². The molecule has 2 rings (SSSR count). The fraction of sp³-hybridized carbons (Fsp3) is 0. The number of thiocarbonyl (C=S) groups is 1. The van der Waals surface area contributed by atoms with E-state index in [0.29, 0.717) is 0 Å².